The zero-order chi connectivity index (χ0) is 6.24. The maximum Gasteiger partial charge on any atom is -0.0389 e. The van der Waals surface area contributed by atoms with Crippen LogP contribution >= 0.6 is 0 Å². The summed E-state index contributed by atoms with van der Waals surface area (Å²) in [6.07, 6.45) is 9.06. The molecule has 0 nitrogen and oxygen atoms in total. The summed E-state index contributed by atoms with van der Waals surface area (Å²) >= 11 is 0. The Morgan fingerprint density at radius 1 is 1.12 bits per heavy atom. The van der Waals surface area contributed by atoms with E-state index in [1.165, 1.54) is 32.1 Å². The van der Waals surface area contributed by atoms with E-state index in [9.17, 15) is 0 Å². The van der Waals surface area contributed by atoms with Gasteiger partial charge >= 0.3 is 0 Å². The molecule has 0 saturated carbocycles. The van der Waals surface area contributed by atoms with Gasteiger partial charge in [0.05, 0.1) is 0 Å². The quantitative estimate of drug-likeness (QED) is 0.480. The molecule has 0 N–H and O–H groups in total. The molecule has 0 unspecified atom stereocenters. The summed E-state index contributed by atoms with van der Waals surface area (Å²) in [7, 11) is 0. The van der Waals surface area contributed by atoms with Gasteiger partial charge in [-0.15, -0.1) is 0 Å². The molecule has 0 aliphatic heterocycles. The minimum Gasteiger partial charge on any atom is -0.0654 e. The minimum atomic E-state index is 1.24. The summed E-state index contributed by atoms with van der Waals surface area (Å²) in [6.45, 7) is 4.44. The molecule has 0 aromatic carbocycles. The van der Waals surface area contributed by atoms with Gasteiger partial charge in [0.1, 0.15) is 0 Å². The van der Waals surface area contributed by atoms with Crippen LogP contribution in [0.3, 0.4) is 0 Å². The molecule has 0 spiro atoms. The van der Waals surface area contributed by atoms with Crippen molar-refractivity contribution in [3.8, 4) is 0 Å². The molecule has 0 aromatic rings. The Kier molecular flexibility index (Phi) is 7.00. The first-order valence-electron chi connectivity index (χ1n) is 3.73. The standard InChI is InChI=1S/C8H17/c1-3-5-7-8-6-4-2/h5H,3-4,6-8H2,1-2H3. The molecular weight excluding hydrogens is 96.1 g/mol. The highest BCUT2D eigenvalue weighted by Gasteiger charge is 1.83. The van der Waals surface area contributed by atoms with Gasteiger partial charge in [-0.1, -0.05) is 46.0 Å². The van der Waals surface area contributed by atoms with Crippen molar-refractivity contribution < 1.29 is 0 Å². The highest BCUT2D eigenvalue weighted by Crippen LogP contribution is 2.02. The van der Waals surface area contributed by atoms with Crippen molar-refractivity contribution in [2.75, 3.05) is 0 Å². The van der Waals surface area contributed by atoms with Crippen LogP contribution in [0.1, 0.15) is 46.0 Å². The van der Waals surface area contributed by atoms with Gasteiger partial charge in [-0.05, 0) is 6.42 Å². The molecule has 0 heteroatoms. The van der Waals surface area contributed by atoms with Crippen molar-refractivity contribution in [2.45, 2.75) is 46.0 Å². The van der Waals surface area contributed by atoms with Crippen LogP contribution in [0.5, 0.6) is 0 Å². The monoisotopic (exact) mass is 113 g/mol. The highest BCUT2D eigenvalue weighted by molar-refractivity contribution is 4.59. The van der Waals surface area contributed by atoms with Crippen LogP contribution in [0.15, 0.2) is 0 Å². The SMILES string of the molecule is CC[CH]CCCCC. The van der Waals surface area contributed by atoms with Gasteiger partial charge in [0.15, 0.2) is 0 Å². The molecule has 0 bridgehead atoms. The molecule has 0 rings (SSSR count). The Hall–Kier alpha value is 0. The normalized spacial score (nSPS) is 9.75. The van der Waals surface area contributed by atoms with Crippen molar-refractivity contribution in [3.05, 3.63) is 6.42 Å². The van der Waals surface area contributed by atoms with Gasteiger partial charge in [-0.3, -0.25) is 0 Å². The average molecular weight is 113 g/mol. The summed E-state index contributed by atoms with van der Waals surface area (Å²) in [5.41, 5.74) is 0. The summed E-state index contributed by atoms with van der Waals surface area (Å²) in [6, 6.07) is 0. The first kappa shape index (κ1) is 8.00. The second-order valence-electron chi connectivity index (χ2n) is 2.19. The number of unbranched alkanes of at least 4 members (excludes halogenated alkanes) is 5. The summed E-state index contributed by atoms with van der Waals surface area (Å²) in [5.74, 6) is 0. The second kappa shape index (κ2) is 7.00. The topological polar surface area (TPSA) is 0 Å². The van der Waals surface area contributed by atoms with Crippen LogP contribution < -0.4 is 0 Å². The molecular formula is C8H17. The van der Waals surface area contributed by atoms with Gasteiger partial charge < -0.3 is 0 Å². The lowest BCUT2D eigenvalue weighted by Crippen LogP contribution is -1.75. The average Bonchev–Trinajstić information content (AvgIpc) is 1.81. The lowest BCUT2D eigenvalue weighted by atomic mass is 10.1. The van der Waals surface area contributed by atoms with Crippen LogP contribution in [-0.4, -0.2) is 0 Å². The third-order valence-corrected chi connectivity index (χ3v) is 1.30. The molecule has 8 heavy (non-hydrogen) atoms. The van der Waals surface area contributed by atoms with E-state index < -0.39 is 0 Å². The first-order chi connectivity index (χ1) is 3.91. The van der Waals surface area contributed by atoms with E-state index in [-0.39, 0.29) is 0 Å². The second-order valence-corrected chi connectivity index (χ2v) is 2.19. The van der Waals surface area contributed by atoms with Crippen LogP contribution in [0.2, 0.25) is 0 Å². The number of hydrogen-bond donors (Lipinski definition) is 0. The molecule has 0 atom stereocenters. The molecule has 0 fully saturated rings. The first-order valence-corrected chi connectivity index (χ1v) is 3.73. The van der Waals surface area contributed by atoms with Gasteiger partial charge in [0, 0.05) is 0 Å². The molecule has 0 saturated heterocycles. The van der Waals surface area contributed by atoms with E-state index in [0.29, 0.717) is 0 Å². The van der Waals surface area contributed by atoms with Crippen molar-refractivity contribution >= 4 is 0 Å². The number of hydrogen-bond acceptors (Lipinski definition) is 0. The van der Waals surface area contributed by atoms with Crippen LogP contribution in [-0.2, 0) is 0 Å². The lowest BCUT2D eigenvalue weighted by molar-refractivity contribution is 0.699. The maximum atomic E-state index is 2.36. The molecule has 49 valence electrons. The molecule has 1 radical (unpaired) electrons. The van der Waals surface area contributed by atoms with E-state index >= 15 is 0 Å². The summed E-state index contributed by atoms with van der Waals surface area (Å²) < 4.78 is 0. The highest BCUT2D eigenvalue weighted by atomic mass is 13.9. The fourth-order valence-electron chi connectivity index (χ4n) is 0.743. The largest absolute Gasteiger partial charge is 0.0654 e. The lowest BCUT2D eigenvalue weighted by Gasteiger charge is -1.93. The van der Waals surface area contributed by atoms with Crippen LogP contribution in [0.4, 0.5) is 0 Å². The van der Waals surface area contributed by atoms with E-state index in [4.69, 9.17) is 0 Å². The molecule has 0 aliphatic rings. The van der Waals surface area contributed by atoms with Crippen LogP contribution in [0.25, 0.3) is 0 Å². The van der Waals surface area contributed by atoms with E-state index in [2.05, 4.69) is 20.3 Å². The van der Waals surface area contributed by atoms with E-state index in [0.717, 1.165) is 0 Å². The van der Waals surface area contributed by atoms with E-state index in [1.807, 2.05) is 0 Å². The van der Waals surface area contributed by atoms with Gasteiger partial charge in [0.2, 0.25) is 0 Å². The molecule has 0 amide bonds. The fraction of sp³-hybridized carbons (Fsp3) is 0.875. The predicted molar refractivity (Wildman–Crippen MR) is 38.7 cm³/mol. The summed E-state index contributed by atoms with van der Waals surface area (Å²) in [4.78, 5) is 0. The molecule has 0 aromatic heterocycles. The Morgan fingerprint density at radius 2 is 1.88 bits per heavy atom. The van der Waals surface area contributed by atoms with Crippen molar-refractivity contribution in [1.82, 2.24) is 0 Å². The van der Waals surface area contributed by atoms with E-state index in [1.54, 1.807) is 0 Å². The molecule has 0 aliphatic carbocycles. The number of rotatable bonds is 5. The van der Waals surface area contributed by atoms with Crippen LogP contribution in [0, 0.1) is 6.42 Å². The minimum absolute atomic E-state index is 1.24. The third-order valence-electron chi connectivity index (χ3n) is 1.30. The smallest absolute Gasteiger partial charge is 0.0389 e. The van der Waals surface area contributed by atoms with Gasteiger partial charge in [0.25, 0.3) is 0 Å². The van der Waals surface area contributed by atoms with Crippen molar-refractivity contribution in [2.24, 2.45) is 0 Å². The van der Waals surface area contributed by atoms with Crippen molar-refractivity contribution in [3.63, 3.8) is 0 Å². The Bertz CT molecular complexity index is 25.0. The van der Waals surface area contributed by atoms with Gasteiger partial charge in [-0.25, -0.2) is 0 Å². The molecule has 0 heterocycles. The van der Waals surface area contributed by atoms with Gasteiger partial charge in [-0.2, -0.15) is 0 Å². The zero-order valence-corrected chi connectivity index (χ0v) is 6.11. The predicted octanol–water partition coefficient (Wildman–Crippen LogP) is 3.18. The maximum absolute atomic E-state index is 2.36. The fourth-order valence-corrected chi connectivity index (χ4v) is 0.743. The Morgan fingerprint density at radius 3 is 2.38 bits per heavy atom. The summed E-state index contributed by atoms with van der Waals surface area (Å²) in [5, 5.41) is 0. The Balaban J connectivity index is 2.53. The Labute approximate surface area is 53.3 Å². The van der Waals surface area contributed by atoms with Crippen molar-refractivity contribution in [1.29, 1.82) is 0 Å². The third kappa shape index (κ3) is 6.00. The zero-order valence-electron chi connectivity index (χ0n) is 6.11.